The molecule has 8 heteroatoms. The lowest BCUT2D eigenvalue weighted by Crippen LogP contribution is -2.05. The van der Waals surface area contributed by atoms with Crippen LogP contribution < -0.4 is 4.74 Å². The minimum atomic E-state index is 0.448. The molecule has 0 unspecified atom stereocenters. The van der Waals surface area contributed by atoms with Gasteiger partial charge in [-0.05, 0) is 36.4 Å². The summed E-state index contributed by atoms with van der Waals surface area (Å²) in [6.07, 6.45) is 0. The van der Waals surface area contributed by atoms with E-state index in [2.05, 4.69) is 21.0 Å². The molecule has 2 aromatic heterocycles. The largest absolute Gasteiger partial charge is 0.486 e. The summed E-state index contributed by atoms with van der Waals surface area (Å²) >= 11 is 9.20. The van der Waals surface area contributed by atoms with Crippen molar-refractivity contribution in [1.82, 2.24) is 14.5 Å². The molecule has 0 radical (unpaired) electrons. The van der Waals surface area contributed by atoms with Gasteiger partial charge in [0, 0.05) is 29.8 Å². The molecule has 0 aliphatic carbocycles. The first-order chi connectivity index (χ1) is 14.2. The smallest absolute Gasteiger partial charge is 0.169 e. The van der Waals surface area contributed by atoms with Gasteiger partial charge >= 0.3 is 0 Å². The van der Waals surface area contributed by atoms with E-state index in [0.29, 0.717) is 18.2 Å². The van der Waals surface area contributed by atoms with Crippen LogP contribution >= 0.6 is 34.7 Å². The highest BCUT2D eigenvalue weighted by Gasteiger charge is 2.12. The molecule has 29 heavy (non-hydrogen) atoms. The summed E-state index contributed by atoms with van der Waals surface area (Å²) < 4.78 is 13.3. The fraction of sp³-hybridized carbons (Fsp3) is 0.238. The number of halogens is 1. The molecule has 0 aliphatic rings. The predicted octanol–water partition coefficient (Wildman–Crippen LogP) is 5.66. The number of aromatic nitrogens is 3. The number of rotatable bonds is 9. The van der Waals surface area contributed by atoms with Crippen molar-refractivity contribution in [3.63, 3.8) is 0 Å². The third-order valence-corrected chi connectivity index (χ3v) is 6.40. The number of thioether (sulfide) groups is 1. The fourth-order valence-corrected chi connectivity index (χ4v) is 4.73. The molecule has 0 N–H and O–H groups in total. The van der Waals surface area contributed by atoms with Gasteiger partial charge in [0.05, 0.1) is 23.3 Å². The second-order valence-corrected chi connectivity index (χ2v) is 8.61. The van der Waals surface area contributed by atoms with Crippen molar-refractivity contribution in [3.8, 4) is 5.75 Å². The Morgan fingerprint density at radius 3 is 2.76 bits per heavy atom. The molecule has 4 rings (SSSR count). The molecule has 2 aromatic carbocycles. The van der Waals surface area contributed by atoms with Crippen LogP contribution in [0.25, 0.3) is 11.0 Å². The van der Waals surface area contributed by atoms with Crippen molar-refractivity contribution >= 4 is 45.7 Å². The third-order valence-electron chi connectivity index (χ3n) is 4.26. The van der Waals surface area contributed by atoms with E-state index in [-0.39, 0.29) is 0 Å². The van der Waals surface area contributed by atoms with E-state index in [1.54, 1.807) is 30.2 Å². The Bertz CT molecular complexity index is 1080. The molecule has 0 saturated heterocycles. The second-order valence-electron chi connectivity index (χ2n) is 6.29. The minimum Gasteiger partial charge on any atom is -0.486 e. The Morgan fingerprint density at radius 1 is 1.10 bits per heavy atom. The highest BCUT2D eigenvalue weighted by molar-refractivity contribution is 7.98. The summed E-state index contributed by atoms with van der Waals surface area (Å²) in [7, 11) is 1.72. The summed E-state index contributed by atoms with van der Waals surface area (Å²) in [5.74, 6) is 1.54. The number of hydrogen-bond acceptors (Lipinski definition) is 6. The molecule has 0 bridgehead atoms. The van der Waals surface area contributed by atoms with Crippen LogP contribution in [0.3, 0.4) is 0 Å². The van der Waals surface area contributed by atoms with Crippen molar-refractivity contribution in [3.05, 3.63) is 69.6 Å². The molecule has 150 valence electrons. The Labute approximate surface area is 182 Å². The maximum absolute atomic E-state index is 5.90. The summed E-state index contributed by atoms with van der Waals surface area (Å²) in [5.41, 5.74) is 3.16. The van der Waals surface area contributed by atoms with Gasteiger partial charge < -0.3 is 14.0 Å². The molecule has 4 aromatic rings. The van der Waals surface area contributed by atoms with Crippen LogP contribution in [-0.4, -0.2) is 28.3 Å². The van der Waals surface area contributed by atoms with Crippen molar-refractivity contribution < 1.29 is 9.47 Å². The van der Waals surface area contributed by atoms with E-state index in [1.807, 2.05) is 42.5 Å². The van der Waals surface area contributed by atoms with E-state index in [0.717, 1.165) is 44.9 Å². The average molecular weight is 446 g/mol. The van der Waals surface area contributed by atoms with Crippen LogP contribution in [0.4, 0.5) is 0 Å². The van der Waals surface area contributed by atoms with Crippen LogP contribution in [0.15, 0.2) is 59.1 Å². The van der Waals surface area contributed by atoms with Crippen molar-refractivity contribution in [2.24, 2.45) is 0 Å². The Morgan fingerprint density at radius 2 is 1.93 bits per heavy atom. The quantitative estimate of drug-likeness (QED) is 0.311. The molecule has 0 spiro atoms. The van der Waals surface area contributed by atoms with Gasteiger partial charge in [-0.1, -0.05) is 35.5 Å². The molecule has 0 aliphatic heterocycles. The molecule has 5 nitrogen and oxygen atoms in total. The lowest BCUT2D eigenvalue weighted by atomic mass is 10.3. The number of methoxy groups -OCH3 is 1. The zero-order valence-corrected chi connectivity index (χ0v) is 18.3. The zero-order valence-electron chi connectivity index (χ0n) is 15.9. The average Bonchev–Trinajstić information content (AvgIpc) is 3.34. The SMILES string of the molecule is COCCn1c(SCc2csc(COc3ccc(Cl)cc3)n2)nc2ccccc21. The van der Waals surface area contributed by atoms with Gasteiger partial charge in [-0.3, -0.25) is 0 Å². The van der Waals surface area contributed by atoms with E-state index in [4.69, 9.17) is 26.1 Å². The van der Waals surface area contributed by atoms with E-state index >= 15 is 0 Å². The summed E-state index contributed by atoms with van der Waals surface area (Å²) in [6.45, 7) is 1.87. The first kappa shape index (κ1) is 20.2. The van der Waals surface area contributed by atoms with E-state index in [1.165, 1.54) is 0 Å². The van der Waals surface area contributed by atoms with Crippen molar-refractivity contribution in [2.45, 2.75) is 24.1 Å². The fourth-order valence-electron chi connectivity index (χ4n) is 2.86. The van der Waals surface area contributed by atoms with Crippen LogP contribution in [0.1, 0.15) is 10.7 Å². The molecule has 0 atom stereocenters. The highest BCUT2D eigenvalue weighted by atomic mass is 35.5. The van der Waals surface area contributed by atoms with Gasteiger partial charge in [-0.2, -0.15) is 0 Å². The number of hydrogen-bond donors (Lipinski definition) is 0. The number of para-hydroxylation sites is 2. The predicted molar refractivity (Wildman–Crippen MR) is 119 cm³/mol. The Kier molecular flexibility index (Phi) is 6.71. The summed E-state index contributed by atoms with van der Waals surface area (Å²) in [4.78, 5) is 9.47. The molecule has 0 fully saturated rings. The first-order valence-electron chi connectivity index (χ1n) is 9.11. The lowest BCUT2D eigenvalue weighted by molar-refractivity contribution is 0.186. The number of nitrogens with zero attached hydrogens (tertiary/aromatic N) is 3. The first-order valence-corrected chi connectivity index (χ1v) is 11.4. The van der Waals surface area contributed by atoms with Crippen LogP contribution in [0.5, 0.6) is 5.75 Å². The molecular formula is C21H20ClN3O2S2. The van der Waals surface area contributed by atoms with E-state index < -0.39 is 0 Å². The van der Waals surface area contributed by atoms with Crippen molar-refractivity contribution in [2.75, 3.05) is 13.7 Å². The zero-order chi connectivity index (χ0) is 20.1. The molecule has 0 amide bonds. The number of benzene rings is 2. The van der Waals surface area contributed by atoms with Crippen LogP contribution in [0.2, 0.25) is 5.02 Å². The van der Waals surface area contributed by atoms with Crippen LogP contribution in [-0.2, 0) is 23.6 Å². The Balaban J connectivity index is 1.40. The third kappa shape index (κ3) is 5.11. The van der Waals surface area contributed by atoms with Gasteiger partial charge in [0.25, 0.3) is 0 Å². The maximum Gasteiger partial charge on any atom is 0.169 e. The van der Waals surface area contributed by atoms with Gasteiger partial charge in [0.1, 0.15) is 17.4 Å². The van der Waals surface area contributed by atoms with Gasteiger partial charge in [0.2, 0.25) is 0 Å². The number of fused-ring (bicyclic) bond motifs is 1. The number of thiazole rings is 1. The Hall–Kier alpha value is -2.06. The van der Waals surface area contributed by atoms with Gasteiger partial charge in [-0.25, -0.2) is 9.97 Å². The number of imidazole rings is 1. The lowest BCUT2D eigenvalue weighted by Gasteiger charge is -2.07. The monoisotopic (exact) mass is 445 g/mol. The molecular weight excluding hydrogens is 426 g/mol. The normalized spacial score (nSPS) is 11.2. The molecule has 0 saturated carbocycles. The number of ether oxygens (including phenoxy) is 2. The second kappa shape index (κ2) is 9.63. The summed E-state index contributed by atoms with van der Waals surface area (Å²) in [5, 5.41) is 4.71. The highest BCUT2D eigenvalue weighted by Crippen LogP contribution is 2.27. The van der Waals surface area contributed by atoms with Gasteiger partial charge in [0.15, 0.2) is 5.16 Å². The topological polar surface area (TPSA) is 49.2 Å². The minimum absolute atomic E-state index is 0.448. The van der Waals surface area contributed by atoms with E-state index in [9.17, 15) is 0 Å². The van der Waals surface area contributed by atoms with Crippen LogP contribution in [0, 0.1) is 0 Å². The maximum atomic E-state index is 5.90. The summed E-state index contributed by atoms with van der Waals surface area (Å²) in [6, 6.07) is 15.5. The van der Waals surface area contributed by atoms with Gasteiger partial charge in [-0.15, -0.1) is 11.3 Å². The van der Waals surface area contributed by atoms with Crippen molar-refractivity contribution in [1.29, 1.82) is 0 Å². The molecule has 2 heterocycles. The standard InChI is InChI=1S/C21H20ClN3O2S2/c1-26-11-10-25-19-5-3-2-4-18(19)24-21(25)29-14-16-13-28-20(23-16)12-27-17-8-6-15(22)7-9-17/h2-9,13H,10-12,14H2,1H3.